The summed E-state index contributed by atoms with van der Waals surface area (Å²) in [7, 11) is 0. The molecule has 0 unspecified atom stereocenters. The van der Waals surface area contributed by atoms with Gasteiger partial charge in [-0.3, -0.25) is 4.79 Å². The molecule has 3 aliphatic rings. The van der Waals surface area contributed by atoms with Gasteiger partial charge in [-0.1, -0.05) is 45.2 Å². The van der Waals surface area contributed by atoms with Gasteiger partial charge in [0.1, 0.15) is 5.75 Å². The minimum Gasteiger partial charge on any atom is -0.466 e. The SMILES string of the molecule is CC(=O)N1CCC2(CC1)Oc1ccc(Br)cc1[C@@H]1CC(c3ccc(Cl)cc3Cl)=NN12. The van der Waals surface area contributed by atoms with Gasteiger partial charge < -0.3 is 9.64 Å². The van der Waals surface area contributed by atoms with Gasteiger partial charge in [-0.2, -0.15) is 5.10 Å². The first kappa shape index (κ1) is 20.2. The Hall–Kier alpha value is -1.76. The van der Waals surface area contributed by atoms with Gasteiger partial charge in [-0.15, -0.1) is 0 Å². The fraction of sp³-hybridized carbons (Fsp3) is 0.364. The molecule has 3 aliphatic heterocycles. The molecule has 1 saturated heterocycles. The van der Waals surface area contributed by atoms with Gasteiger partial charge in [0, 0.05) is 59.9 Å². The molecule has 5 rings (SSSR count). The smallest absolute Gasteiger partial charge is 0.219 e. The van der Waals surface area contributed by atoms with Crippen molar-refractivity contribution in [3.05, 3.63) is 62.0 Å². The summed E-state index contributed by atoms with van der Waals surface area (Å²) in [5, 5.41) is 8.33. The average molecular weight is 509 g/mol. The minimum absolute atomic E-state index is 0.0527. The summed E-state index contributed by atoms with van der Waals surface area (Å²) in [6.45, 7) is 2.91. The topological polar surface area (TPSA) is 45.1 Å². The van der Waals surface area contributed by atoms with Crippen LogP contribution in [0.1, 0.15) is 43.4 Å². The molecule has 30 heavy (non-hydrogen) atoms. The van der Waals surface area contributed by atoms with Crippen LogP contribution in [0.2, 0.25) is 10.0 Å². The molecule has 0 aromatic heterocycles. The number of halogens is 3. The van der Waals surface area contributed by atoms with Crippen molar-refractivity contribution >= 4 is 50.8 Å². The van der Waals surface area contributed by atoms with Crippen molar-refractivity contribution in [1.29, 1.82) is 0 Å². The Morgan fingerprint density at radius 2 is 1.97 bits per heavy atom. The molecular formula is C22H20BrCl2N3O2. The number of benzene rings is 2. The molecule has 2 aromatic carbocycles. The Balaban J connectivity index is 1.57. The highest BCUT2D eigenvalue weighted by Crippen LogP contribution is 2.50. The summed E-state index contributed by atoms with van der Waals surface area (Å²) in [6.07, 6.45) is 2.12. The van der Waals surface area contributed by atoms with E-state index in [1.807, 2.05) is 29.2 Å². The number of carbonyl (C=O) groups excluding carboxylic acids is 1. The van der Waals surface area contributed by atoms with E-state index >= 15 is 0 Å². The number of piperidine rings is 1. The summed E-state index contributed by atoms with van der Waals surface area (Å²) >= 11 is 16.2. The number of ether oxygens (including phenoxy) is 1. The molecule has 1 fully saturated rings. The standard InChI is InChI=1S/C22H20BrCl2N3O2/c1-13(29)27-8-6-22(7-9-27)28-20(17-10-14(23)2-5-21(17)30-22)12-19(26-28)16-4-3-15(24)11-18(16)25/h2-5,10-11,20H,6-9,12H2,1H3/t20-/m0/s1. The van der Waals surface area contributed by atoms with E-state index in [0.717, 1.165) is 33.5 Å². The Morgan fingerprint density at radius 3 is 2.67 bits per heavy atom. The van der Waals surface area contributed by atoms with Crippen LogP contribution in [0.4, 0.5) is 0 Å². The third-order valence-electron chi connectivity index (χ3n) is 6.19. The molecule has 0 aliphatic carbocycles. The number of nitrogens with zero attached hydrogens (tertiary/aromatic N) is 3. The van der Waals surface area contributed by atoms with Crippen molar-refractivity contribution in [1.82, 2.24) is 9.91 Å². The summed E-state index contributed by atoms with van der Waals surface area (Å²) in [6, 6.07) is 11.7. The van der Waals surface area contributed by atoms with Gasteiger partial charge in [-0.25, -0.2) is 5.01 Å². The van der Waals surface area contributed by atoms with E-state index in [1.165, 1.54) is 0 Å². The van der Waals surface area contributed by atoms with Crippen LogP contribution in [0.25, 0.3) is 0 Å². The van der Waals surface area contributed by atoms with Gasteiger partial charge in [0.2, 0.25) is 11.6 Å². The number of carbonyl (C=O) groups is 1. The van der Waals surface area contributed by atoms with E-state index in [4.69, 9.17) is 33.0 Å². The van der Waals surface area contributed by atoms with Crippen LogP contribution >= 0.6 is 39.1 Å². The maximum absolute atomic E-state index is 11.8. The lowest BCUT2D eigenvalue weighted by molar-refractivity contribution is -0.158. The zero-order valence-electron chi connectivity index (χ0n) is 16.4. The van der Waals surface area contributed by atoms with Crippen LogP contribution in [-0.4, -0.2) is 40.3 Å². The highest BCUT2D eigenvalue weighted by atomic mass is 79.9. The van der Waals surface area contributed by atoms with Crippen molar-refractivity contribution in [3.8, 4) is 5.75 Å². The van der Waals surface area contributed by atoms with Gasteiger partial charge in [0.05, 0.1) is 16.8 Å². The molecule has 8 heteroatoms. The van der Waals surface area contributed by atoms with E-state index in [-0.39, 0.29) is 11.9 Å². The summed E-state index contributed by atoms with van der Waals surface area (Å²) in [5.74, 6) is 0.981. The second-order valence-corrected chi connectivity index (χ2v) is 9.73. The van der Waals surface area contributed by atoms with E-state index in [9.17, 15) is 4.79 Å². The van der Waals surface area contributed by atoms with Gasteiger partial charge in [-0.05, 0) is 30.3 Å². The quantitative estimate of drug-likeness (QED) is 0.500. The van der Waals surface area contributed by atoms with Crippen molar-refractivity contribution in [2.75, 3.05) is 13.1 Å². The van der Waals surface area contributed by atoms with Crippen LogP contribution in [0.3, 0.4) is 0 Å². The maximum Gasteiger partial charge on any atom is 0.219 e. The van der Waals surface area contributed by atoms with Crippen LogP contribution in [0, 0.1) is 0 Å². The predicted octanol–water partition coefficient (Wildman–Crippen LogP) is 5.64. The molecule has 0 saturated carbocycles. The van der Waals surface area contributed by atoms with Gasteiger partial charge >= 0.3 is 0 Å². The van der Waals surface area contributed by atoms with E-state index in [1.54, 1.807) is 13.0 Å². The van der Waals surface area contributed by atoms with Crippen molar-refractivity contribution < 1.29 is 9.53 Å². The highest BCUT2D eigenvalue weighted by Gasteiger charge is 2.52. The number of likely N-dealkylation sites (tertiary alicyclic amines) is 1. The van der Waals surface area contributed by atoms with Crippen LogP contribution in [0.15, 0.2) is 46.0 Å². The van der Waals surface area contributed by atoms with E-state index in [2.05, 4.69) is 27.0 Å². The lowest BCUT2D eigenvalue weighted by atomic mass is 9.90. The molecule has 1 atom stereocenters. The molecule has 5 nitrogen and oxygen atoms in total. The lowest BCUT2D eigenvalue weighted by Crippen LogP contribution is -2.59. The second-order valence-electron chi connectivity index (χ2n) is 7.97. The maximum atomic E-state index is 11.8. The molecular weight excluding hydrogens is 489 g/mol. The normalized spacial score (nSPS) is 21.7. The minimum atomic E-state index is -0.571. The number of hydrogen-bond donors (Lipinski definition) is 0. The van der Waals surface area contributed by atoms with Crippen LogP contribution in [-0.2, 0) is 4.79 Å². The largest absolute Gasteiger partial charge is 0.466 e. The molecule has 0 bridgehead atoms. The number of rotatable bonds is 1. The monoisotopic (exact) mass is 507 g/mol. The van der Waals surface area contributed by atoms with Crippen molar-refractivity contribution in [2.24, 2.45) is 5.10 Å². The number of hydrazone groups is 1. The second kappa shape index (κ2) is 7.43. The molecule has 156 valence electrons. The number of amides is 1. The number of hydrogen-bond acceptors (Lipinski definition) is 4. The fourth-order valence-corrected chi connectivity index (χ4v) is 5.54. The van der Waals surface area contributed by atoms with E-state index in [0.29, 0.717) is 36.0 Å². The molecule has 0 N–H and O–H groups in total. The first-order valence-electron chi connectivity index (χ1n) is 9.92. The molecule has 0 radical (unpaired) electrons. The zero-order chi connectivity index (χ0) is 21.0. The lowest BCUT2D eigenvalue weighted by Gasteiger charge is -2.51. The van der Waals surface area contributed by atoms with Gasteiger partial charge in [0.25, 0.3) is 0 Å². The molecule has 3 heterocycles. The zero-order valence-corrected chi connectivity index (χ0v) is 19.5. The Bertz CT molecular complexity index is 1070. The van der Waals surface area contributed by atoms with E-state index < -0.39 is 5.72 Å². The Kier molecular flexibility index (Phi) is 4.99. The third kappa shape index (κ3) is 3.29. The summed E-state index contributed by atoms with van der Waals surface area (Å²) in [4.78, 5) is 13.7. The Morgan fingerprint density at radius 1 is 1.20 bits per heavy atom. The molecule has 2 aromatic rings. The third-order valence-corrected chi connectivity index (χ3v) is 7.23. The summed E-state index contributed by atoms with van der Waals surface area (Å²) in [5.41, 5.74) is 2.35. The predicted molar refractivity (Wildman–Crippen MR) is 121 cm³/mol. The molecule has 1 spiro atoms. The van der Waals surface area contributed by atoms with Gasteiger partial charge in [0.15, 0.2) is 0 Å². The first-order chi connectivity index (χ1) is 14.4. The molecule has 1 amide bonds. The Labute approximate surface area is 193 Å². The van der Waals surface area contributed by atoms with Crippen LogP contribution < -0.4 is 4.74 Å². The summed E-state index contributed by atoms with van der Waals surface area (Å²) < 4.78 is 7.60. The fourth-order valence-electron chi connectivity index (χ4n) is 4.64. The first-order valence-corrected chi connectivity index (χ1v) is 11.5. The van der Waals surface area contributed by atoms with Crippen molar-refractivity contribution in [3.63, 3.8) is 0 Å². The number of fused-ring (bicyclic) bond motifs is 4. The highest BCUT2D eigenvalue weighted by molar-refractivity contribution is 9.10. The van der Waals surface area contributed by atoms with Crippen LogP contribution in [0.5, 0.6) is 5.75 Å². The average Bonchev–Trinajstić information content (AvgIpc) is 3.15. The van der Waals surface area contributed by atoms with Crippen molar-refractivity contribution in [2.45, 2.75) is 38.0 Å².